The second-order valence-corrected chi connectivity index (χ2v) is 6.20. The molecule has 1 aliphatic carbocycles. The number of rotatable bonds is 8. The zero-order valence-electron chi connectivity index (χ0n) is 12.0. The number of nitrogens with zero attached hydrogens (tertiary/aromatic N) is 1. The van der Waals surface area contributed by atoms with Gasteiger partial charge in [-0.15, -0.1) is 0 Å². The van der Waals surface area contributed by atoms with Crippen LogP contribution in [0.3, 0.4) is 0 Å². The summed E-state index contributed by atoms with van der Waals surface area (Å²) in [6.45, 7) is 5.99. The van der Waals surface area contributed by atoms with Crippen LogP contribution < -0.4 is 5.32 Å². The molecule has 0 bridgehead atoms. The molecule has 2 heterocycles. The Kier molecular flexibility index (Phi) is 4.55. The van der Waals surface area contributed by atoms with Crippen molar-refractivity contribution >= 4 is 11.3 Å². The quantitative estimate of drug-likeness (QED) is 0.805. The summed E-state index contributed by atoms with van der Waals surface area (Å²) in [5.41, 5.74) is 2.71. The van der Waals surface area contributed by atoms with Crippen molar-refractivity contribution in [3.05, 3.63) is 46.0 Å². The lowest BCUT2D eigenvalue weighted by molar-refractivity contribution is 0.224. The number of nitrogens with one attached hydrogen (secondary N) is 1. The molecule has 108 valence electrons. The maximum Gasteiger partial charge on any atom is 0.122 e. The minimum absolute atomic E-state index is 0.743. The van der Waals surface area contributed by atoms with Crippen molar-refractivity contribution in [1.82, 2.24) is 10.2 Å². The van der Waals surface area contributed by atoms with Crippen molar-refractivity contribution in [2.75, 3.05) is 6.54 Å². The molecule has 0 radical (unpaired) electrons. The molecule has 0 unspecified atom stereocenters. The second kappa shape index (κ2) is 6.57. The fourth-order valence-corrected chi connectivity index (χ4v) is 3.14. The van der Waals surface area contributed by atoms with Crippen LogP contribution in [-0.4, -0.2) is 17.5 Å². The number of furan rings is 1. The van der Waals surface area contributed by atoms with Crippen molar-refractivity contribution in [3.63, 3.8) is 0 Å². The van der Waals surface area contributed by atoms with Gasteiger partial charge >= 0.3 is 0 Å². The lowest BCUT2D eigenvalue weighted by Gasteiger charge is -2.21. The number of hydrogen-bond donors (Lipinski definition) is 1. The smallest absolute Gasteiger partial charge is 0.122 e. The third-order valence-corrected chi connectivity index (χ3v) is 4.51. The highest BCUT2D eigenvalue weighted by Crippen LogP contribution is 2.30. The minimum Gasteiger partial charge on any atom is -0.468 e. The molecule has 3 nitrogen and oxygen atoms in total. The summed E-state index contributed by atoms with van der Waals surface area (Å²) in [6.07, 6.45) is 4.47. The van der Waals surface area contributed by atoms with E-state index in [9.17, 15) is 0 Å². The van der Waals surface area contributed by atoms with E-state index in [1.807, 2.05) is 6.26 Å². The molecule has 1 saturated carbocycles. The summed E-state index contributed by atoms with van der Waals surface area (Å²) in [6, 6.07) is 5.06. The van der Waals surface area contributed by atoms with Gasteiger partial charge in [-0.1, -0.05) is 6.92 Å². The summed E-state index contributed by atoms with van der Waals surface area (Å²) in [5.74, 6) is 1.12. The molecule has 1 N–H and O–H groups in total. The Labute approximate surface area is 124 Å². The normalized spacial score (nSPS) is 15.1. The van der Waals surface area contributed by atoms with E-state index in [4.69, 9.17) is 4.42 Å². The fourth-order valence-electron chi connectivity index (χ4n) is 2.48. The highest BCUT2D eigenvalue weighted by molar-refractivity contribution is 7.07. The van der Waals surface area contributed by atoms with E-state index < -0.39 is 0 Å². The van der Waals surface area contributed by atoms with Gasteiger partial charge < -0.3 is 9.73 Å². The van der Waals surface area contributed by atoms with Crippen molar-refractivity contribution in [2.24, 2.45) is 0 Å². The molecule has 0 atom stereocenters. The van der Waals surface area contributed by atoms with E-state index in [0.717, 1.165) is 38.0 Å². The second-order valence-electron chi connectivity index (χ2n) is 5.42. The Bertz CT molecular complexity index is 516. The number of hydrogen-bond acceptors (Lipinski definition) is 4. The average molecular weight is 290 g/mol. The Hall–Kier alpha value is -1.10. The summed E-state index contributed by atoms with van der Waals surface area (Å²) in [7, 11) is 0. The molecular weight excluding hydrogens is 268 g/mol. The Morgan fingerprint density at radius 3 is 2.95 bits per heavy atom. The summed E-state index contributed by atoms with van der Waals surface area (Å²) in [4.78, 5) is 2.55. The highest BCUT2D eigenvalue weighted by Gasteiger charge is 2.30. The lowest BCUT2D eigenvalue weighted by atomic mass is 10.2. The van der Waals surface area contributed by atoms with E-state index in [1.165, 1.54) is 24.0 Å². The zero-order chi connectivity index (χ0) is 13.8. The van der Waals surface area contributed by atoms with Gasteiger partial charge in [0.05, 0.1) is 12.8 Å². The van der Waals surface area contributed by atoms with Gasteiger partial charge in [-0.05, 0) is 47.8 Å². The minimum atomic E-state index is 0.743. The van der Waals surface area contributed by atoms with E-state index in [0.29, 0.717) is 0 Å². The Morgan fingerprint density at radius 1 is 1.35 bits per heavy atom. The van der Waals surface area contributed by atoms with Gasteiger partial charge in [0.15, 0.2) is 0 Å². The van der Waals surface area contributed by atoms with Crippen LogP contribution in [0, 0.1) is 0 Å². The van der Waals surface area contributed by atoms with E-state index >= 15 is 0 Å². The number of thiophene rings is 1. The molecule has 1 aliphatic rings. The largest absolute Gasteiger partial charge is 0.468 e. The third kappa shape index (κ3) is 3.51. The fraction of sp³-hybridized carbons (Fsp3) is 0.500. The molecular formula is C16H22N2OS. The van der Waals surface area contributed by atoms with Crippen LogP contribution in [0.1, 0.15) is 36.7 Å². The van der Waals surface area contributed by atoms with Crippen LogP contribution in [-0.2, 0) is 19.6 Å². The topological polar surface area (TPSA) is 28.4 Å². The average Bonchev–Trinajstić information content (AvgIpc) is 3.00. The Morgan fingerprint density at radius 2 is 2.25 bits per heavy atom. The molecule has 1 fully saturated rings. The SMILES string of the molecule is CCNCc1ccoc1CN(Cc1ccsc1)C1CC1. The molecule has 0 amide bonds. The molecule has 0 saturated heterocycles. The van der Waals surface area contributed by atoms with E-state index in [1.54, 1.807) is 11.3 Å². The molecule has 4 heteroatoms. The first-order chi connectivity index (χ1) is 9.86. The maximum absolute atomic E-state index is 5.71. The van der Waals surface area contributed by atoms with Crippen LogP contribution in [0.4, 0.5) is 0 Å². The maximum atomic E-state index is 5.71. The predicted molar refractivity (Wildman–Crippen MR) is 82.7 cm³/mol. The van der Waals surface area contributed by atoms with E-state index in [-0.39, 0.29) is 0 Å². The molecule has 2 aromatic rings. The summed E-state index contributed by atoms with van der Waals surface area (Å²) in [5, 5.41) is 7.78. The summed E-state index contributed by atoms with van der Waals surface area (Å²) < 4.78 is 5.71. The van der Waals surface area contributed by atoms with Crippen molar-refractivity contribution in [3.8, 4) is 0 Å². The zero-order valence-corrected chi connectivity index (χ0v) is 12.8. The van der Waals surface area contributed by atoms with Gasteiger partial charge in [0.2, 0.25) is 0 Å². The van der Waals surface area contributed by atoms with Crippen LogP contribution in [0.2, 0.25) is 0 Å². The van der Waals surface area contributed by atoms with Crippen LogP contribution in [0.5, 0.6) is 0 Å². The lowest BCUT2D eigenvalue weighted by Crippen LogP contribution is -2.25. The van der Waals surface area contributed by atoms with Gasteiger partial charge in [-0.25, -0.2) is 0 Å². The van der Waals surface area contributed by atoms with Crippen LogP contribution in [0.15, 0.2) is 33.6 Å². The molecule has 2 aromatic heterocycles. The Balaban J connectivity index is 1.65. The monoisotopic (exact) mass is 290 g/mol. The highest BCUT2D eigenvalue weighted by atomic mass is 32.1. The molecule has 0 aromatic carbocycles. The van der Waals surface area contributed by atoms with Gasteiger partial charge in [0.25, 0.3) is 0 Å². The first kappa shape index (κ1) is 13.9. The third-order valence-electron chi connectivity index (χ3n) is 3.78. The van der Waals surface area contributed by atoms with Gasteiger partial charge in [-0.2, -0.15) is 11.3 Å². The first-order valence-corrected chi connectivity index (χ1v) is 8.32. The summed E-state index contributed by atoms with van der Waals surface area (Å²) >= 11 is 1.78. The van der Waals surface area contributed by atoms with Gasteiger partial charge in [-0.3, -0.25) is 4.90 Å². The van der Waals surface area contributed by atoms with Crippen LogP contribution >= 0.6 is 11.3 Å². The van der Waals surface area contributed by atoms with Gasteiger partial charge in [0, 0.05) is 24.7 Å². The van der Waals surface area contributed by atoms with Crippen molar-refractivity contribution < 1.29 is 4.42 Å². The van der Waals surface area contributed by atoms with Crippen molar-refractivity contribution in [2.45, 2.75) is 45.4 Å². The van der Waals surface area contributed by atoms with Gasteiger partial charge in [0.1, 0.15) is 5.76 Å². The van der Waals surface area contributed by atoms with Crippen LogP contribution in [0.25, 0.3) is 0 Å². The molecule has 20 heavy (non-hydrogen) atoms. The molecule has 0 spiro atoms. The first-order valence-electron chi connectivity index (χ1n) is 7.38. The molecule has 0 aliphatic heterocycles. The van der Waals surface area contributed by atoms with E-state index in [2.05, 4.69) is 40.0 Å². The molecule has 3 rings (SSSR count). The predicted octanol–water partition coefficient (Wildman–Crippen LogP) is 3.62. The standard InChI is InChI=1S/C16H22N2OS/c1-2-17-9-14-5-7-19-16(14)11-18(15-3-4-15)10-13-6-8-20-12-13/h5-8,12,15,17H,2-4,9-11H2,1H3. The van der Waals surface area contributed by atoms with Crippen molar-refractivity contribution in [1.29, 1.82) is 0 Å².